The second-order valence-electron chi connectivity index (χ2n) is 11.1. The summed E-state index contributed by atoms with van der Waals surface area (Å²) in [7, 11) is 0. The number of hydrogen-bond donors (Lipinski definition) is 4. The number of hydrogen-bond acceptors (Lipinski definition) is 7. The SMILES string of the molecule is O=C(Nc1ccc(Oc2ccccc2)cc1)Nc1cccc(C2OC(CSc3ccc(C(=O)O)cc3)CC(c3ccc(CO)cc3)O2)c1. The Morgan fingerprint density at radius 2 is 1.46 bits per heavy atom. The number of ether oxygens (including phenoxy) is 3. The van der Waals surface area contributed by atoms with E-state index in [9.17, 15) is 19.8 Å². The van der Waals surface area contributed by atoms with E-state index in [-0.39, 0.29) is 24.4 Å². The zero-order valence-corrected chi connectivity index (χ0v) is 26.6. The van der Waals surface area contributed by atoms with Gasteiger partial charge in [0.2, 0.25) is 0 Å². The molecule has 6 rings (SSSR count). The quantitative estimate of drug-likeness (QED) is 0.104. The summed E-state index contributed by atoms with van der Waals surface area (Å²) in [6.45, 7) is -0.0428. The van der Waals surface area contributed by atoms with Gasteiger partial charge >= 0.3 is 12.0 Å². The van der Waals surface area contributed by atoms with Gasteiger partial charge in [-0.1, -0.05) is 54.6 Å². The fourth-order valence-corrected chi connectivity index (χ4v) is 6.11. The van der Waals surface area contributed by atoms with Crippen molar-refractivity contribution in [3.8, 4) is 11.5 Å². The summed E-state index contributed by atoms with van der Waals surface area (Å²) in [5.74, 6) is 1.04. The molecule has 1 fully saturated rings. The van der Waals surface area contributed by atoms with Gasteiger partial charge in [0.05, 0.1) is 24.4 Å². The average molecular weight is 663 g/mol. The van der Waals surface area contributed by atoms with Crippen LogP contribution in [0.4, 0.5) is 16.2 Å². The molecule has 4 N–H and O–H groups in total. The Morgan fingerprint density at radius 1 is 0.750 bits per heavy atom. The number of aliphatic hydroxyl groups excluding tert-OH is 1. The Morgan fingerprint density at radius 3 is 2.17 bits per heavy atom. The number of anilines is 2. The number of aliphatic hydroxyl groups is 1. The first kappa shape index (κ1) is 32.8. The summed E-state index contributed by atoms with van der Waals surface area (Å²) >= 11 is 1.58. The van der Waals surface area contributed by atoms with Gasteiger partial charge in [-0.25, -0.2) is 9.59 Å². The molecule has 9 nitrogen and oxygen atoms in total. The maximum absolute atomic E-state index is 12.9. The Bertz CT molecular complexity index is 1820. The zero-order valence-electron chi connectivity index (χ0n) is 25.8. The van der Waals surface area contributed by atoms with Gasteiger partial charge < -0.3 is 35.1 Å². The molecule has 0 saturated carbocycles. The third-order valence-electron chi connectivity index (χ3n) is 7.66. The molecule has 5 aromatic carbocycles. The number of carbonyl (C=O) groups excluding carboxylic acids is 1. The molecule has 1 heterocycles. The van der Waals surface area contributed by atoms with Crippen LogP contribution in [0.3, 0.4) is 0 Å². The highest BCUT2D eigenvalue weighted by atomic mass is 32.2. The van der Waals surface area contributed by atoms with E-state index >= 15 is 0 Å². The van der Waals surface area contributed by atoms with Crippen molar-refractivity contribution in [3.05, 3.63) is 150 Å². The normalized spacial score (nSPS) is 17.3. The molecular weight excluding hydrogens is 628 g/mol. The van der Waals surface area contributed by atoms with Gasteiger partial charge in [0.25, 0.3) is 0 Å². The lowest BCUT2D eigenvalue weighted by Crippen LogP contribution is -2.31. The Balaban J connectivity index is 1.12. The number of nitrogens with one attached hydrogen (secondary N) is 2. The van der Waals surface area contributed by atoms with Crippen molar-refractivity contribution >= 4 is 35.1 Å². The molecule has 2 amide bonds. The van der Waals surface area contributed by atoms with Crippen molar-refractivity contribution in [2.75, 3.05) is 16.4 Å². The first-order valence-electron chi connectivity index (χ1n) is 15.4. The highest BCUT2D eigenvalue weighted by Crippen LogP contribution is 2.40. The summed E-state index contributed by atoms with van der Waals surface area (Å²) in [5, 5.41) is 24.5. The molecule has 1 aliphatic heterocycles. The molecule has 1 saturated heterocycles. The van der Waals surface area contributed by atoms with E-state index in [1.54, 1.807) is 66.4 Å². The van der Waals surface area contributed by atoms with Crippen LogP contribution in [-0.2, 0) is 16.1 Å². The van der Waals surface area contributed by atoms with Crippen LogP contribution in [0.1, 0.15) is 45.9 Å². The third kappa shape index (κ3) is 8.81. The zero-order chi connectivity index (χ0) is 33.3. The van der Waals surface area contributed by atoms with Gasteiger partial charge in [-0.05, 0) is 83.9 Å². The lowest BCUT2D eigenvalue weighted by Gasteiger charge is -2.36. The molecule has 48 heavy (non-hydrogen) atoms. The van der Waals surface area contributed by atoms with Crippen LogP contribution in [-0.4, -0.2) is 34.1 Å². The summed E-state index contributed by atoms with van der Waals surface area (Å²) in [4.78, 5) is 25.1. The lowest BCUT2D eigenvalue weighted by molar-refractivity contribution is -0.245. The monoisotopic (exact) mass is 662 g/mol. The topological polar surface area (TPSA) is 126 Å². The molecule has 0 aromatic heterocycles. The first-order valence-corrected chi connectivity index (χ1v) is 16.4. The van der Waals surface area contributed by atoms with E-state index in [1.165, 1.54) is 0 Å². The summed E-state index contributed by atoms with van der Waals surface area (Å²) in [6.07, 6.45) is -0.567. The van der Waals surface area contributed by atoms with E-state index in [2.05, 4.69) is 10.6 Å². The number of urea groups is 1. The van der Waals surface area contributed by atoms with Crippen LogP contribution >= 0.6 is 11.8 Å². The number of para-hydroxylation sites is 1. The van der Waals surface area contributed by atoms with E-state index in [0.717, 1.165) is 27.3 Å². The van der Waals surface area contributed by atoms with E-state index in [4.69, 9.17) is 14.2 Å². The number of aromatic carboxylic acids is 1. The number of rotatable bonds is 11. The molecule has 3 atom stereocenters. The van der Waals surface area contributed by atoms with Crippen molar-refractivity contribution in [3.63, 3.8) is 0 Å². The summed E-state index contributed by atoms with van der Waals surface area (Å²) in [6, 6.07) is 38.0. The Kier molecular flexibility index (Phi) is 10.7. The van der Waals surface area contributed by atoms with Gasteiger partial charge in [0, 0.05) is 34.0 Å². The van der Waals surface area contributed by atoms with Gasteiger partial charge in [-0.2, -0.15) is 0 Å². The van der Waals surface area contributed by atoms with Crippen molar-refractivity contribution in [2.24, 2.45) is 0 Å². The van der Waals surface area contributed by atoms with Gasteiger partial charge in [0.15, 0.2) is 6.29 Å². The molecule has 5 aromatic rings. The van der Waals surface area contributed by atoms with E-state index in [0.29, 0.717) is 29.3 Å². The van der Waals surface area contributed by atoms with Crippen molar-refractivity contribution in [2.45, 2.75) is 36.4 Å². The van der Waals surface area contributed by atoms with Crippen LogP contribution in [0, 0.1) is 0 Å². The number of carbonyl (C=O) groups is 2. The molecule has 0 bridgehead atoms. The van der Waals surface area contributed by atoms with Crippen molar-refractivity contribution < 1.29 is 34.0 Å². The van der Waals surface area contributed by atoms with Crippen molar-refractivity contribution in [1.82, 2.24) is 0 Å². The van der Waals surface area contributed by atoms with Gasteiger partial charge in [-0.15, -0.1) is 11.8 Å². The van der Waals surface area contributed by atoms with Crippen molar-refractivity contribution in [1.29, 1.82) is 0 Å². The number of benzene rings is 5. The summed E-state index contributed by atoms with van der Waals surface area (Å²) < 4.78 is 18.7. The van der Waals surface area contributed by atoms with Crippen LogP contribution in [0.5, 0.6) is 11.5 Å². The number of carboxylic acids is 1. The maximum Gasteiger partial charge on any atom is 0.335 e. The minimum Gasteiger partial charge on any atom is -0.478 e. The number of carboxylic acid groups (broad SMARTS) is 1. The van der Waals surface area contributed by atoms with E-state index < -0.39 is 18.3 Å². The predicted molar refractivity (Wildman–Crippen MR) is 185 cm³/mol. The molecule has 244 valence electrons. The van der Waals surface area contributed by atoms with E-state index in [1.807, 2.05) is 72.8 Å². The largest absolute Gasteiger partial charge is 0.478 e. The second-order valence-corrected chi connectivity index (χ2v) is 12.2. The molecule has 3 unspecified atom stereocenters. The molecule has 10 heteroatoms. The first-order chi connectivity index (χ1) is 23.4. The Labute approximate surface area is 282 Å². The standard InChI is InChI=1S/C38H34N2O7S/c41-23-25-9-11-26(12-10-25)35-22-33(24-48-34-19-13-27(14-20-34)36(42)43)46-37(47-35)28-5-4-6-30(21-28)40-38(44)39-29-15-17-32(18-16-29)45-31-7-2-1-3-8-31/h1-21,33,35,37,41H,22-24H2,(H,42,43)(H2,39,40,44). The van der Waals surface area contributed by atoms with Gasteiger partial charge in [-0.3, -0.25) is 0 Å². The smallest absolute Gasteiger partial charge is 0.335 e. The van der Waals surface area contributed by atoms with Crippen LogP contribution in [0.15, 0.2) is 132 Å². The molecule has 0 aliphatic carbocycles. The molecule has 0 radical (unpaired) electrons. The maximum atomic E-state index is 12.9. The Hall–Kier alpha value is -5.13. The molecule has 0 spiro atoms. The average Bonchev–Trinajstić information content (AvgIpc) is 3.12. The lowest BCUT2D eigenvalue weighted by atomic mass is 10.0. The summed E-state index contributed by atoms with van der Waals surface area (Å²) in [5.41, 5.74) is 3.94. The second kappa shape index (κ2) is 15.6. The highest BCUT2D eigenvalue weighted by Gasteiger charge is 2.32. The highest BCUT2D eigenvalue weighted by molar-refractivity contribution is 7.99. The third-order valence-corrected chi connectivity index (χ3v) is 8.80. The van der Waals surface area contributed by atoms with Crippen LogP contribution < -0.4 is 15.4 Å². The fraction of sp³-hybridized carbons (Fsp3) is 0.158. The minimum atomic E-state index is -0.963. The molecular formula is C38H34N2O7S. The number of thioether (sulfide) groups is 1. The predicted octanol–water partition coefficient (Wildman–Crippen LogP) is 8.65. The molecule has 1 aliphatic rings. The van der Waals surface area contributed by atoms with Crippen LogP contribution in [0.25, 0.3) is 0 Å². The van der Waals surface area contributed by atoms with Crippen LogP contribution in [0.2, 0.25) is 0 Å². The number of amides is 2. The van der Waals surface area contributed by atoms with Gasteiger partial charge in [0.1, 0.15) is 11.5 Å². The minimum absolute atomic E-state index is 0.0428. The fourth-order valence-electron chi connectivity index (χ4n) is 5.19.